The van der Waals surface area contributed by atoms with Crippen LogP contribution in [-0.2, 0) is 11.2 Å². The number of hydrogen-bond donors (Lipinski definition) is 1. The van der Waals surface area contributed by atoms with E-state index in [0.29, 0.717) is 44.3 Å². The molecule has 1 heterocycles. The first kappa shape index (κ1) is 22.2. The van der Waals surface area contributed by atoms with Crippen molar-refractivity contribution in [3.05, 3.63) is 59.4 Å². The number of rotatable bonds is 7. The third kappa shape index (κ3) is 6.01. The van der Waals surface area contributed by atoms with E-state index >= 15 is 0 Å². The lowest BCUT2D eigenvalue weighted by molar-refractivity contribution is 0.0730. The van der Waals surface area contributed by atoms with Gasteiger partial charge in [-0.1, -0.05) is 12.1 Å². The van der Waals surface area contributed by atoms with Crippen molar-refractivity contribution in [2.45, 2.75) is 6.42 Å². The van der Waals surface area contributed by atoms with Crippen LogP contribution in [0, 0.1) is 11.7 Å². The fourth-order valence-corrected chi connectivity index (χ4v) is 3.62. The van der Waals surface area contributed by atoms with Gasteiger partial charge in [-0.15, -0.1) is 0 Å². The zero-order valence-corrected chi connectivity index (χ0v) is 17.6. The van der Waals surface area contributed by atoms with Gasteiger partial charge in [0.05, 0.1) is 18.8 Å². The van der Waals surface area contributed by atoms with Gasteiger partial charge in [-0.2, -0.15) is 0 Å². The largest absolute Gasteiger partial charge is 0.457 e. The Balaban J connectivity index is 1.74. The number of ether oxygens (including phenoxy) is 2. The monoisotopic (exact) mass is 415 g/mol. The number of halogens is 1. The van der Waals surface area contributed by atoms with Crippen molar-refractivity contribution in [2.75, 3.05) is 53.5 Å². The van der Waals surface area contributed by atoms with Crippen LogP contribution in [0.1, 0.15) is 15.9 Å². The van der Waals surface area contributed by atoms with Crippen molar-refractivity contribution >= 4 is 5.91 Å². The number of amides is 1. The van der Waals surface area contributed by atoms with E-state index in [0.717, 1.165) is 18.5 Å². The number of benzene rings is 2. The molecule has 30 heavy (non-hydrogen) atoms. The fourth-order valence-electron chi connectivity index (χ4n) is 3.62. The molecule has 0 bridgehead atoms. The van der Waals surface area contributed by atoms with Crippen molar-refractivity contribution in [2.24, 2.45) is 11.7 Å². The predicted octanol–water partition coefficient (Wildman–Crippen LogP) is 2.77. The van der Waals surface area contributed by atoms with E-state index in [-0.39, 0.29) is 17.4 Å². The first-order chi connectivity index (χ1) is 14.5. The third-order valence-corrected chi connectivity index (χ3v) is 5.01. The summed E-state index contributed by atoms with van der Waals surface area (Å²) in [5, 5.41) is 0. The van der Waals surface area contributed by atoms with Gasteiger partial charge in [-0.25, -0.2) is 4.39 Å². The topological polar surface area (TPSA) is 68.0 Å². The smallest absolute Gasteiger partial charge is 0.257 e. The van der Waals surface area contributed by atoms with Crippen LogP contribution >= 0.6 is 0 Å². The van der Waals surface area contributed by atoms with Crippen molar-refractivity contribution in [3.63, 3.8) is 0 Å². The molecule has 6 nitrogen and oxygen atoms in total. The van der Waals surface area contributed by atoms with E-state index in [1.807, 2.05) is 38.4 Å². The molecule has 1 aliphatic heterocycles. The molecule has 2 N–H and O–H groups in total. The average molecular weight is 416 g/mol. The quantitative estimate of drug-likeness (QED) is 0.753. The molecule has 0 spiro atoms. The van der Waals surface area contributed by atoms with Crippen molar-refractivity contribution in [3.8, 4) is 11.5 Å². The Morgan fingerprint density at radius 1 is 1.23 bits per heavy atom. The van der Waals surface area contributed by atoms with Crippen LogP contribution in [0.4, 0.5) is 4.39 Å². The van der Waals surface area contributed by atoms with Gasteiger partial charge in [0, 0.05) is 25.6 Å². The van der Waals surface area contributed by atoms with E-state index in [2.05, 4.69) is 4.90 Å². The third-order valence-electron chi connectivity index (χ3n) is 5.01. The molecule has 1 amide bonds. The van der Waals surface area contributed by atoms with Crippen LogP contribution in [0.25, 0.3) is 0 Å². The summed E-state index contributed by atoms with van der Waals surface area (Å²) in [6, 6.07) is 11.8. The summed E-state index contributed by atoms with van der Waals surface area (Å²) in [5.74, 6) is 0.323. The molecule has 1 atom stereocenters. The summed E-state index contributed by atoms with van der Waals surface area (Å²) in [5.41, 5.74) is 6.70. The lowest BCUT2D eigenvalue weighted by Gasteiger charge is -2.25. The molecular formula is C23H30FN3O3. The van der Waals surface area contributed by atoms with Crippen molar-refractivity contribution in [1.82, 2.24) is 9.80 Å². The summed E-state index contributed by atoms with van der Waals surface area (Å²) in [4.78, 5) is 16.8. The highest BCUT2D eigenvalue weighted by Crippen LogP contribution is 2.25. The second-order valence-electron chi connectivity index (χ2n) is 7.88. The minimum atomic E-state index is -0.556. The Morgan fingerprint density at radius 3 is 2.67 bits per heavy atom. The van der Waals surface area contributed by atoms with Crippen molar-refractivity contribution in [1.29, 1.82) is 0 Å². The number of carbonyl (C=O) groups excluding carboxylic acids is 1. The zero-order valence-electron chi connectivity index (χ0n) is 17.6. The van der Waals surface area contributed by atoms with Gasteiger partial charge in [0.1, 0.15) is 17.3 Å². The van der Waals surface area contributed by atoms with Gasteiger partial charge in [0.15, 0.2) is 0 Å². The molecule has 0 saturated carbocycles. The van der Waals surface area contributed by atoms with Crippen LogP contribution in [0.5, 0.6) is 11.5 Å². The summed E-state index contributed by atoms with van der Waals surface area (Å²) in [7, 11) is 3.97. The maximum Gasteiger partial charge on any atom is 0.257 e. The molecule has 2 aromatic carbocycles. The minimum Gasteiger partial charge on any atom is -0.457 e. The number of nitrogens with zero attached hydrogens (tertiary/aromatic N) is 2. The van der Waals surface area contributed by atoms with Gasteiger partial charge in [0.25, 0.3) is 5.91 Å². The number of hydrogen-bond acceptors (Lipinski definition) is 5. The molecule has 7 heteroatoms. The number of nitrogens with two attached hydrogens (primary N) is 1. The Bertz CT molecular complexity index is 842. The van der Waals surface area contributed by atoms with E-state index < -0.39 is 5.82 Å². The summed E-state index contributed by atoms with van der Waals surface area (Å²) in [6.07, 6.45) is 0.795. The van der Waals surface area contributed by atoms with Crippen LogP contribution < -0.4 is 10.5 Å². The minimum absolute atomic E-state index is 0.0118. The summed E-state index contributed by atoms with van der Waals surface area (Å²) >= 11 is 0. The molecule has 0 radical (unpaired) electrons. The highest BCUT2D eigenvalue weighted by molar-refractivity contribution is 5.95. The molecule has 1 saturated heterocycles. The fraction of sp³-hybridized carbons (Fsp3) is 0.435. The van der Waals surface area contributed by atoms with Crippen LogP contribution in [0.3, 0.4) is 0 Å². The number of carbonyl (C=O) groups is 1. The predicted molar refractivity (Wildman–Crippen MR) is 114 cm³/mol. The molecule has 2 aromatic rings. The maximum atomic E-state index is 14.5. The zero-order chi connectivity index (χ0) is 21.5. The lowest BCUT2D eigenvalue weighted by Crippen LogP contribution is -2.39. The lowest BCUT2D eigenvalue weighted by atomic mass is 10.1. The van der Waals surface area contributed by atoms with Crippen LogP contribution in [0.15, 0.2) is 42.5 Å². The van der Waals surface area contributed by atoms with Gasteiger partial charge in [-0.3, -0.25) is 4.79 Å². The highest BCUT2D eigenvalue weighted by atomic mass is 19.1. The van der Waals surface area contributed by atoms with E-state index in [4.69, 9.17) is 15.2 Å². The SMILES string of the molecule is CN(C)CC1COCCN(C(=O)c2cc(Oc3ccc(CCN)cc3)ccc2F)C1. The standard InChI is InChI=1S/C23H30FN3O3/c1-26(2)14-18-15-27(11-12-29-16-18)23(28)21-13-20(7-8-22(21)24)30-19-5-3-17(4-6-19)9-10-25/h3-8,13,18H,9-12,14-16,25H2,1-2H3. The van der Waals surface area contributed by atoms with E-state index in [9.17, 15) is 9.18 Å². The summed E-state index contributed by atoms with van der Waals surface area (Å²) in [6.45, 7) is 3.40. The Morgan fingerprint density at radius 2 is 1.97 bits per heavy atom. The van der Waals surface area contributed by atoms with E-state index in [1.165, 1.54) is 18.2 Å². The Hall–Kier alpha value is -2.48. The molecular weight excluding hydrogens is 385 g/mol. The molecule has 0 aliphatic carbocycles. The molecule has 162 valence electrons. The second-order valence-corrected chi connectivity index (χ2v) is 7.88. The molecule has 3 rings (SSSR count). The van der Waals surface area contributed by atoms with E-state index in [1.54, 1.807) is 4.90 Å². The maximum absolute atomic E-state index is 14.5. The second kappa shape index (κ2) is 10.5. The van der Waals surface area contributed by atoms with Gasteiger partial charge >= 0.3 is 0 Å². The average Bonchev–Trinajstić information content (AvgIpc) is 2.95. The van der Waals surface area contributed by atoms with Crippen LogP contribution in [-0.4, -0.2) is 69.2 Å². The Kier molecular flexibility index (Phi) is 7.79. The van der Waals surface area contributed by atoms with Gasteiger partial charge < -0.3 is 25.0 Å². The molecule has 1 fully saturated rings. The highest BCUT2D eigenvalue weighted by Gasteiger charge is 2.26. The first-order valence-corrected chi connectivity index (χ1v) is 10.2. The first-order valence-electron chi connectivity index (χ1n) is 10.2. The summed E-state index contributed by atoms with van der Waals surface area (Å²) < 4.78 is 26.0. The molecule has 1 unspecified atom stereocenters. The van der Waals surface area contributed by atoms with Crippen LogP contribution in [0.2, 0.25) is 0 Å². The molecule has 0 aromatic heterocycles. The van der Waals surface area contributed by atoms with Gasteiger partial charge in [-0.05, 0) is 63.0 Å². The Labute approximate surface area is 177 Å². The van der Waals surface area contributed by atoms with Crippen molar-refractivity contribution < 1.29 is 18.7 Å². The van der Waals surface area contributed by atoms with Gasteiger partial charge in [0.2, 0.25) is 0 Å². The normalized spacial score (nSPS) is 17.1. The molecule has 1 aliphatic rings.